The lowest BCUT2D eigenvalue weighted by atomic mass is 9.75. The van der Waals surface area contributed by atoms with Crippen molar-refractivity contribution in [2.24, 2.45) is 11.8 Å². The third kappa shape index (κ3) is 1.79. The quantitative estimate of drug-likeness (QED) is 0.770. The molecule has 0 aromatic rings. The molecule has 1 N–H and O–H groups in total. The van der Waals surface area contributed by atoms with Crippen molar-refractivity contribution in [3.63, 3.8) is 0 Å². The van der Waals surface area contributed by atoms with Gasteiger partial charge in [-0.2, -0.15) is 0 Å². The van der Waals surface area contributed by atoms with Crippen LogP contribution in [0.3, 0.4) is 0 Å². The Kier molecular flexibility index (Phi) is 2.64. The maximum atomic E-state index is 13.7. The first-order valence-corrected chi connectivity index (χ1v) is 5.63. The van der Waals surface area contributed by atoms with Gasteiger partial charge in [0.05, 0.1) is 6.54 Å². The predicted molar refractivity (Wildman–Crippen MR) is 54.6 cm³/mol. The summed E-state index contributed by atoms with van der Waals surface area (Å²) in [6.45, 7) is 2.02. The van der Waals surface area contributed by atoms with Crippen LogP contribution in [-0.2, 0) is 9.59 Å². The van der Waals surface area contributed by atoms with E-state index in [-0.39, 0.29) is 31.3 Å². The summed E-state index contributed by atoms with van der Waals surface area (Å²) in [4.78, 5) is 23.9. The summed E-state index contributed by atoms with van der Waals surface area (Å²) in [7, 11) is 0. The zero-order valence-corrected chi connectivity index (χ0v) is 9.28. The van der Waals surface area contributed by atoms with Gasteiger partial charge < -0.3 is 10.0 Å². The number of halogens is 1. The third-order valence-corrected chi connectivity index (χ3v) is 3.64. The van der Waals surface area contributed by atoms with Crippen LogP contribution in [0.15, 0.2) is 0 Å². The molecule has 16 heavy (non-hydrogen) atoms. The number of likely N-dealkylation sites (tertiary alicyclic amines) is 1. The van der Waals surface area contributed by atoms with E-state index in [4.69, 9.17) is 5.11 Å². The largest absolute Gasteiger partial charge is 0.479 e. The van der Waals surface area contributed by atoms with E-state index in [0.717, 1.165) is 12.8 Å². The second-order valence-electron chi connectivity index (χ2n) is 5.05. The van der Waals surface area contributed by atoms with E-state index in [0.29, 0.717) is 5.92 Å². The van der Waals surface area contributed by atoms with Gasteiger partial charge in [-0.1, -0.05) is 6.92 Å². The van der Waals surface area contributed by atoms with E-state index in [9.17, 15) is 14.0 Å². The van der Waals surface area contributed by atoms with Crippen LogP contribution >= 0.6 is 0 Å². The van der Waals surface area contributed by atoms with Crippen LogP contribution in [0.2, 0.25) is 0 Å². The highest BCUT2D eigenvalue weighted by Gasteiger charge is 2.48. The fourth-order valence-corrected chi connectivity index (χ4v) is 2.50. The lowest BCUT2D eigenvalue weighted by Gasteiger charge is -2.34. The van der Waals surface area contributed by atoms with Crippen molar-refractivity contribution >= 4 is 11.9 Å². The monoisotopic (exact) mass is 229 g/mol. The molecule has 1 amide bonds. The number of rotatable bonds is 2. The summed E-state index contributed by atoms with van der Waals surface area (Å²) in [6.07, 6.45) is 1.61. The number of hydrogen-bond donors (Lipinski definition) is 1. The van der Waals surface area contributed by atoms with E-state index in [1.165, 1.54) is 4.90 Å². The van der Waals surface area contributed by atoms with Crippen molar-refractivity contribution in [2.75, 3.05) is 13.1 Å². The molecule has 0 spiro atoms. The number of carboxylic acid groups (broad SMARTS) is 1. The number of carbonyl (C=O) groups is 2. The van der Waals surface area contributed by atoms with E-state index in [2.05, 4.69) is 6.92 Å². The zero-order chi connectivity index (χ0) is 11.9. The molecule has 1 heterocycles. The Bertz CT molecular complexity index is 327. The van der Waals surface area contributed by atoms with Gasteiger partial charge in [0.15, 0.2) is 0 Å². The Morgan fingerprint density at radius 3 is 2.50 bits per heavy atom. The SMILES string of the molecule is CC1CC(C(=O)N2CCC(F)(C(=O)O)C2)C1. The van der Waals surface area contributed by atoms with E-state index >= 15 is 0 Å². The minimum atomic E-state index is -2.23. The van der Waals surface area contributed by atoms with E-state index in [1.54, 1.807) is 0 Å². The Labute approximate surface area is 93.4 Å². The molecule has 5 heteroatoms. The van der Waals surface area contributed by atoms with Crippen LogP contribution in [0, 0.1) is 11.8 Å². The minimum Gasteiger partial charge on any atom is -0.479 e. The van der Waals surface area contributed by atoms with E-state index in [1.807, 2.05) is 0 Å². The maximum absolute atomic E-state index is 13.7. The molecule has 1 atom stereocenters. The Morgan fingerprint density at radius 1 is 1.44 bits per heavy atom. The Hall–Kier alpha value is -1.13. The highest BCUT2D eigenvalue weighted by Crippen LogP contribution is 2.36. The molecule has 4 nitrogen and oxygen atoms in total. The summed E-state index contributed by atoms with van der Waals surface area (Å²) in [5, 5.41) is 8.71. The number of carbonyl (C=O) groups excluding carboxylic acids is 1. The van der Waals surface area contributed by atoms with Gasteiger partial charge in [-0.25, -0.2) is 9.18 Å². The van der Waals surface area contributed by atoms with Gasteiger partial charge in [-0.15, -0.1) is 0 Å². The summed E-state index contributed by atoms with van der Waals surface area (Å²) in [5.41, 5.74) is -2.23. The van der Waals surface area contributed by atoms with Crippen LogP contribution in [0.25, 0.3) is 0 Å². The van der Waals surface area contributed by atoms with Crippen LogP contribution in [-0.4, -0.2) is 40.6 Å². The van der Waals surface area contributed by atoms with Gasteiger partial charge in [0.1, 0.15) is 0 Å². The fraction of sp³-hybridized carbons (Fsp3) is 0.818. The van der Waals surface area contributed by atoms with Gasteiger partial charge in [-0.05, 0) is 18.8 Å². The van der Waals surface area contributed by atoms with Crippen molar-refractivity contribution in [3.8, 4) is 0 Å². The molecule has 2 fully saturated rings. The molecule has 2 rings (SSSR count). The number of alkyl halides is 1. The first-order valence-electron chi connectivity index (χ1n) is 5.63. The van der Waals surface area contributed by atoms with Crippen molar-refractivity contribution in [1.29, 1.82) is 0 Å². The topological polar surface area (TPSA) is 57.6 Å². The normalized spacial score (nSPS) is 38.2. The molecule has 0 aromatic heterocycles. The summed E-state index contributed by atoms with van der Waals surface area (Å²) < 4.78 is 13.7. The second-order valence-corrected chi connectivity index (χ2v) is 5.05. The molecule has 0 aromatic carbocycles. The molecule has 1 aliphatic heterocycles. The van der Waals surface area contributed by atoms with Gasteiger partial charge in [-0.3, -0.25) is 4.79 Å². The van der Waals surface area contributed by atoms with Crippen LogP contribution < -0.4 is 0 Å². The molecule has 2 aliphatic rings. The Balaban J connectivity index is 1.93. The molecular formula is C11H16FNO3. The lowest BCUT2D eigenvalue weighted by Crippen LogP contribution is -2.43. The summed E-state index contributed by atoms with van der Waals surface area (Å²) in [6, 6.07) is 0. The predicted octanol–water partition coefficient (Wildman–Crippen LogP) is 1.06. The summed E-state index contributed by atoms with van der Waals surface area (Å²) >= 11 is 0. The number of carboxylic acids is 1. The molecule has 1 unspecified atom stereocenters. The molecule has 1 aliphatic carbocycles. The van der Waals surface area contributed by atoms with Crippen LogP contribution in [0.4, 0.5) is 4.39 Å². The maximum Gasteiger partial charge on any atom is 0.343 e. The molecule has 0 bridgehead atoms. The van der Waals surface area contributed by atoms with Gasteiger partial charge >= 0.3 is 5.97 Å². The second kappa shape index (κ2) is 3.71. The fourth-order valence-electron chi connectivity index (χ4n) is 2.50. The molecule has 1 saturated heterocycles. The van der Waals surface area contributed by atoms with Crippen molar-refractivity contribution in [2.45, 2.75) is 31.9 Å². The number of amides is 1. The number of hydrogen-bond acceptors (Lipinski definition) is 2. The Morgan fingerprint density at radius 2 is 2.06 bits per heavy atom. The molecule has 90 valence electrons. The van der Waals surface area contributed by atoms with Gasteiger partial charge in [0, 0.05) is 18.9 Å². The lowest BCUT2D eigenvalue weighted by molar-refractivity contribution is -0.150. The summed E-state index contributed by atoms with van der Waals surface area (Å²) in [5.74, 6) is -0.971. The van der Waals surface area contributed by atoms with Crippen LogP contribution in [0.5, 0.6) is 0 Å². The number of nitrogens with zero attached hydrogens (tertiary/aromatic N) is 1. The van der Waals surface area contributed by atoms with Crippen LogP contribution in [0.1, 0.15) is 26.2 Å². The molecule has 1 saturated carbocycles. The van der Waals surface area contributed by atoms with Gasteiger partial charge in [0.25, 0.3) is 0 Å². The smallest absolute Gasteiger partial charge is 0.343 e. The minimum absolute atomic E-state index is 0.00820. The van der Waals surface area contributed by atoms with E-state index < -0.39 is 11.6 Å². The third-order valence-electron chi connectivity index (χ3n) is 3.64. The average molecular weight is 229 g/mol. The van der Waals surface area contributed by atoms with Crippen molar-refractivity contribution in [3.05, 3.63) is 0 Å². The molecule has 0 radical (unpaired) electrons. The molecular weight excluding hydrogens is 213 g/mol. The first kappa shape index (κ1) is 11.4. The first-order chi connectivity index (χ1) is 7.42. The van der Waals surface area contributed by atoms with Crippen molar-refractivity contribution in [1.82, 2.24) is 4.90 Å². The zero-order valence-electron chi connectivity index (χ0n) is 9.28. The standard InChI is InChI=1S/C11H16FNO3/c1-7-4-8(5-7)9(14)13-3-2-11(12,6-13)10(15)16/h7-8H,2-6H2,1H3,(H,15,16). The van der Waals surface area contributed by atoms with Crippen molar-refractivity contribution < 1.29 is 19.1 Å². The highest BCUT2D eigenvalue weighted by atomic mass is 19.1. The average Bonchev–Trinajstić information content (AvgIpc) is 2.57. The highest BCUT2D eigenvalue weighted by molar-refractivity contribution is 5.83. The van der Waals surface area contributed by atoms with Gasteiger partial charge in [0.2, 0.25) is 11.6 Å². The number of aliphatic carboxylic acids is 1.